The molecule has 0 atom stereocenters. The lowest BCUT2D eigenvalue weighted by Gasteiger charge is -2.07. The number of hydrogen-bond acceptors (Lipinski definition) is 5. The van der Waals surface area contributed by atoms with Crippen LogP contribution in [-0.2, 0) is 22.5 Å². The van der Waals surface area contributed by atoms with Crippen LogP contribution < -0.4 is 5.32 Å². The molecule has 1 aromatic heterocycles. The first-order chi connectivity index (χ1) is 9.63. The van der Waals surface area contributed by atoms with Gasteiger partial charge in [0.15, 0.2) is 5.69 Å². The van der Waals surface area contributed by atoms with Gasteiger partial charge in [0.1, 0.15) is 6.54 Å². The molecule has 0 aliphatic rings. The maximum Gasteiger partial charge on any atom is 0.360 e. The molecule has 0 fully saturated rings. The second kappa shape index (κ2) is 8.29. The zero-order valence-electron chi connectivity index (χ0n) is 12.3. The van der Waals surface area contributed by atoms with E-state index in [0.29, 0.717) is 18.7 Å². The Morgan fingerprint density at radius 3 is 2.60 bits per heavy atom. The Hall–Kier alpha value is -1.92. The molecular weight excluding hydrogens is 260 g/mol. The van der Waals surface area contributed by atoms with E-state index in [1.165, 1.54) is 4.68 Å². The van der Waals surface area contributed by atoms with E-state index in [4.69, 9.17) is 4.74 Å². The van der Waals surface area contributed by atoms with Gasteiger partial charge in [-0.1, -0.05) is 25.5 Å². The summed E-state index contributed by atoms with van der Waals surface area (Å²) in [5.74, 6) is -0.624. The fourth-order valence-electron chi connectivity index (χ4n) is 1.76. The number of ether oxygens (including phenoxy) is 1. The van der Waals surface area contributed by atoms with E-state index in [2.05, 4.69) is 15.6 Å². The second-order valence-corrected chi connectivity index (χ2v) is 4.36. The Morgan fingerprint density at radius 2 is 2.00 bits per heavy atom. The number of esters is 1. The number of nitrogens with one attached hydrogen (secondary N) is 1. The third-order valence-corrected chi connectivity index (χ3v) is 2.66. The van der Waals surface area contributed by atoms with Crippen LogP contribution in [0.4, 0.5) is 0 Å². The van der Waals surface area contributed by atoms with Gasteiger partial charge < -0.3 is 10.1 Å². The molecule has 0 bridgehead atoms. The third kappa shape index (κ3) is 4.32. The number of amides is 1. The predicted octanol–water partition coefficient (Wildman–Crippen LogP) is 0.933. The first-order valence-corrected chi connectivity index (χ1v) is 7.00. The van der Waals surface area contributed by atoms with Crippen molar-refractivity contribution in [3.8, 4) is 0 Å². The highest BCUT2D eigenvalue weighted by molar-refractivity contribution is 5.88. The lowest BCUT2D eigenvalue weighted by Crippen LogP contribution is -2.29. The lowest BCUT2D eigenvalue weighted by molar-refractivity contribution is -0.121. The SMILES string of the molecule is CCCNC(=O)Cn1nnc(C(=O)OCC)c1CCC. The smallest absolute Gasteiger partial charge is 0.360 e. The van der Waals surface area contributed by atoms with E-state index in [-0.39, 0.29) is 24.8 Å². The molecule has 1 aromatic rings. The highest BCUT2D eigenvalue weighted by atomic mass is 16.5. The monoisotopic (exact) mass is 282 g/mol. The van der Waals surface area contributed by atoms with Gasteiger partial charge >= 0.3 is 5.97 Å². The van der Waals surface area contributed by atoms with Crippen LogP contribution in [0.3, 0.4) is 0 Å². The molecule has 0 saturated heterocycles. The lowest BCUT2D eigenvalue weighted by atomic mass is 10.2. The van der Waals surface area contributed by atoms with Gasteiger partial charge in [0.25, 0.3) is 0 Å². The van der Waals surface area contributed by atoms with E-state index in [1.807, 2.05) is 13.8 Å². The Balaban J connectivity index is 2.85. The molecule has 0 aromatic carbocycles. The number of rotatable bonds is 8. The molecule has 0 radical (unpaired) electrons. The maximum atomic E-state index is 11.8. The molecule has 0 aliphatic heterocycles. The van der Waals surface area contributed by atoms with Crippen molar-refractivity contribution in [2.24, 2.45) is 0 Å². The summed E-state index contributed by atoms with van der Waals surface area (Å²) >= 11 is 0. The molecule has 0 saturated carbocycles. The molecule has 7 nitrogen and oxygen atoms in total. The summed E-state index contributed by atoms with van der Waals surface area (Å²) in [6.45, 7) is 6.69. The summed E-state index contributed by atoms with van der Waals surface area (Å²) in [5, 5.41) is 10.5. The summed E-state index contributed by atoms with van der Waals surface area (Å²) in [4.78, 5) is 23.5. The summed E-state index contributed by atoms with van der Waals surface area (Å²) in [5.41, 5.74) is 0.856. The van der Waals surface area contributed by atoms with Crippen molar-refractivity contribution in [3.63, 3.8) is 0 Å². The molecule has 112 valence electrons. The number of carbonyl (C=O) groups excluding carboxylic acids is 2. The van der Waals surface area contributed by atoms with Crippen molar-refractivity contribution in [1.29, 1.82) is 0 Å². The third-order valence-electron chi connectivity index (χ3n) is 2.66. The van der Waals surface area contributed by atoms with E-state index >= 15 is 0 Å². The molecular formula is C13H22N4O3. The van der Waals surface area contributed by atoms with Crippen LogP contribution in [0.1, 0.15) is 49.8 Å². The van der Waals surface area contributed by atoms with Crippen LogP contribution in [0.5, 0.6) is 0 Å². The zero-order valence-corrected chi connectivity index (χ0v) is 12.3. The van der Waals surface area contributed by atoms with Crippen LogP contribution >= 0.6 is 0 Å². The summed E-state index contributed by atoms with van der Waals surface area (Å²) in [7, 11) is 0. The van der Waals surface area contributed by atoms with Crippen LogP contribution in [-0.4, -0.2) is 40.0 Å². The van der Waals surface area contributed by atoms with E-state index in [9.17, 15) is 9.59 Å². The number of aromatic nitrogens is 3. The van der Waals surface area contributed by atoms with Gasteiger partial charge in [-0.15, -0.1) is 5.10 Å². The summed E-state index contributed by atoms with van der Waals surface area (Å²) in [6, 6.07) is 0. The van der Waals surface area contributed by atoms with Crippen molar-refractivity contribution < 1.29 is 14.3 Å². The molecule has 7 heteroatoms. The van der Waals surface area contributed by atoms with Crippen LogP contribution in [0.2, 0.25) is 0 Å². The predicted molar refractivity (Wildman–Crippen MR) is 73.3 cm³/mol. The molecule has 1 heterocycles. The Bertz CT molecular complexity index is 456. The van der Waals surface area contributed by atoms with Gasteiger partial charge in [-0.2, -0.15) is 0 Å². The largest absolute Gasteiger partial charge is 0.461 e. The van der Waals surface area contributed by atoms with Crippen molar-refractivity contribution in [2.75, 3.05) is 13.2 Å². The van der Waals surface area contributed by atoms with Crippen molar-refractivity contribution in [3.05, 3.63) is 11.4 Å². The van der Waals surface area contributed by atoms with Gasteiger partial charge in [-0.3, -0.25) is 4.79 Å². The van der Waals surface area contributed by atoms with Crippen molar-refractivity contribution >= 4 is 11.9 Å². The average molecular weight is 282 g/mol. The normalized spacial score (nSPS) is 10.3. The maximum absolute atomic E-state index is 11.8. The van der Waals surface area contributed by atoms with Crippen molar-refractivity contribution in [2.45, 2.75) is 46.6 Å². The van der Waals surface area contributed by atoms with Crippen LogP contribution in [0, 0.1) is 0 Å². The quantitative estimate of drug-likeness (QED) is 0.717. The van der Waals surface area contributed by atoms with Crippen LogP contribution in [0.15, 0.2) is 0 Å². The number of carbonyl (C=O) groups is 2. The molecule has 0 spiro atoms. The summed E-state index contributed by atoms with van der Waals surface area (Å²) in [6.07, 6.45) is 2.33. The minimum atomic E-state index is -0.490. The standard InChI is InChI=1S/C13H22N4O3/c1-4-7-10-12(13(19)20-6-3)15-16-17(10)9-11(18)14-8-5-2/h4-9H2,1-3H3,(H,14,18). The summed E-state index contributed by atoms with van der Waals surface area (Å²) < 4.78 is 6.42. The van der Waals surface area contributed by atoms with E-state index in [1.54, 1.807) is 6.92 Å². The van der Waals surface area contributed by atoms with Crippen molar-refractivity contribution in [1.82, 2.24) is 20.3 Å². The van der Waals surface area contributed by atoms with Gasteiger partial charge in [-0.05, 0) is 19.8 Å². The zero-order chi connectivity index (χ0) is 15.0. The second-order valence-electron chi connectivity index (χ2n) is 4.36. The molecule has 1 N–H and O–H groups in total. The Kier molecular flexibility index (Phi) is 6.69. The first kappa shape index (κ1) is 16.1. The van der Waals surface area contributed by atoms with E-state index in [0.717, 1.165) is 12.8 Å². The minimum Gasteiger partial charge on any atom is -0.461 e. The average Bonchev–Trinajstić information content (AvgIpc) is 2.80. The first-order valence-electron chi connectivity index (χ1n) is 7.00. The Labute approximate surface area is 118 Å². The molecule has 1 amide bonds. The van der Waals surface area contributed by atoms with Crippen LogP contribution in [0.25, 0.3) is 0 Å². The number of nitrogens with zero attached hydrogens (tertiary/aromatic N) is 3. The topological polar surface area (TPSA) is 86.1 Å². The molecule has 0 unspecified atom stereocenters. The minimum absolute atomic E-state index is 0.0712. The fourth-order valence-corrected chi connectivity index (χ4v) is 1.76. The van der Waals surface area contributed by atoms with Gasteiger partial charge in [0, 0.05) is 6.54 Å². The van der Waals surface area contributed by atoms with E-state index < -0.39 is 5.97 Å². The van der Waals surface area contributed by atoms with Gasteiger partial charge in [0.2, 0.25) is 5.91 Å². The fraction of sp³-hybridized carbons (Fsp3) is 0.692. The molecule has 20 heavy (non-hydrogen) atoms. The highest BCUT2D eigenvalue weighted by Gasteiger charge is 2.21. The highest BCUT2D eigenvalue weighted by Crippen LogP contribution is 2.10. The Morgan fingerprint density at radius 1 is 1.25 bits per heavy atom. The number of hydrogen-bond donors (Lipinski definition) is 1. The van der Waals surface area contributed by atoms with Gasteiger partial charge in [-0.25, -0.2) is 9.48 Å². The molecule has 0 aliphatic carbocycles. The molecule has 1 rings (SSSR count). The van der Waals surface area contributed by atoms with Gasteiger partial charge in [0.05, 0.1) is 12.3 Å².